The van der Waals surface area contributed by atoms with Gasteiger partial charge in [-0.15, -0.1) is 0 Å². The Balaban J connectivity index is 1.79. The highest BCUT2D eigenvalue weighted by atomic mass is 35.5. The fourth-order valence-electron chi connectivity index (χ4n) is 4.87. The van der Waals surface area contributed by atoms with Gasteiger partial charge in [0.15, 0.2) is 11.2 Å². The maximum Gasteiger partial charge on any atom is 0.186 e. The lowest BCUT2D eigenvalue weighted by atomic mass is 9.69. The summed E-state index contributed by atoms with van der Waals surface area (Å²) in [5.74, 6) is -0.712. The lowest BCUT2D eigenvalue weighted by molar-refractivity contribution is 0.0951. The third kappa shape index (κ3) is 2.82. The quantitative estimate of drug-likeness (QED) is 0.490. The Morgan fingerprint density at radius 3 is 2.55 bits per heavy atom. The minimum absolute atomic E-state index is 0.0938. The molecule has 2 aromatic carbocycles. The molecular formula is C25H16ClN3OS. The van der Waals surface area contributed by atoms with Gasteiger partial charge in [0.1, 0.15) is 6.04 Å². The number of nitrogens with zero attached hydrogens (tertiary/aromatic N) is 3. The first-order valence-electron chi connectivity index (χ1n) is 9.80. The number of fused-ring (bicyclic) bond motifs is 3. The molecule has 0 amide bonds. The number of carbonyl (C=O) groups excluding carboxylic acids is 1. The minimum Gasteiger partial charge on any atom is -0.351 e. The number of Topliss-reactive ketones (excluding diaryl/α,β-unsaturated/α-hetero) is 1. The molecule has 4 nitrogen and oxygen atoms in total. The van der Waals surface area contributed by atoms with E-state index in [1.165, 1.54) is 11.3 Å². The Morgan fingerprint density at radius 2 is 1.87 bits per heavy atom. The number of hydrogen-bond donors (Lipinski definition) is 0. The average molecular weight is 442 g/mol. The summed E-state index contributed by atoms with van der Waals surface area (Å²) in [6, 6.07) is 20.1. The van der Waals surface area contributed by atoms with Crippen molar-refractivity contribution < 1.29 is 4.79 Å². The molecule has 0 unspecified atom stereocenters. The number of hydrogen-bond acceptors (Lipinski definition) is 5. The fraction of sp³-hybridized carbons (Fsp3) is 0.160. The number of benzene rings is 2. The highest BCUT2D eigenvalue weighted by molar-refractivity contribution is 7.08. The summed E-state index contributed by atoms with van der Waals surface area (Å²) in [6.45, 7) is 0. The molecule has 0 aliphatic carbocycles. The zero-order valence-electron chi connectivity index (χ0n) is 16.3. The maximum atomic E-state index is 13.8. The highest BCUT2D eigenvalue weighted by Gasteiger charge is 2.63. The van der Waals surface area contributed by atoms with Gasteiger partial charge in [-0.25, -0.2) is 0 Å². The van der Waals surface area contributed by atoms with Crippen LogP contribution >= 0.6 is 22.9 Å². The Labute approximate surface area is 189 Å². The number of thiophene rings is 1. The van der Waals surface area contributed by atoms with E-state index in [4.69, 9.17) is 11.6 Å². The first kappa shape index (κ1) is 19.6. The summed E-state index contributed by atoms with van der Waals surface area (Å²) >= 11 is 7.66. The highest BCUT2D eigenvalue weighted by Crippen LogP contribution is 2.55. The van der Waals surface area contributed by atoms with Gasteiger partial charge in [0, 0.05) is 27.6 Å². The lowest BCUT2D eigenvalue weighted by Crippen LogP contribution is -2.44. The SMILES string of the molecule is N#CC1(C#N)[C@H](c2ccccc2)[C@@H](C(=O)c2ccsc2)N2c3ccc(Cl)cc3C=C[C@@H]21. The third-order valence-electron chi connectivity index (χ3n) is 6.20. The van der Waals surface area contributed by atoms with Crippen LogP contribution in [-0.2, 0) is 0 Å². The minimum atomic E-state index is -1.43. The Bertz CT molecular complexity index is 1260. The van der Waals surface area contributed by atoms with Crippen LogP contribution in [0.4, 0.5) is 5.69 Å². The number of halogens is 1. The second kappa shape index (κ2) is 7.39. The predicted octanol–water partition coefficient (Wildman–Crippen LogP) is 5.69. The van der Waals surface area contributed by atoms with Crippen molar-refractivity contribution in [2.75, 3.05) is 4.90 Å². The van der Waals surface area contributed by atoms with E-state index in [1.807, 2.05) is 70.3 Å². The van der Waals surface area contributed by atoms with E-state index >= 15 is 0 Å². The van der Waals surface area contributed by atoms with Crippen LogP contribution in [-0.4, -0.2) is 17.9 Å². The van der Waals surface area contributed by atoms with Crippen LogP contribution < -0.4 is 4.90 Å². The normalized spacial score (nSPS) is 22.8. The molecular weight excluding hydrogens is 426 g/mol. The molecule has 0 N–H and O–H groups in total. The number of anilines is 1. The van der Waals surface area contributed by atoms with Gasteiger partial charge in [-0.05, 0) is 40.8 Å². The molecule has 1 saturated heterocycles. The van der Waals surface area contributed by atoms with Crippen LogP contribution in [0.15, 0.2) is 71.4 Å². The molecule has 0 bridgehead atoms. The standard InChI is InChI=1S/C25H16ClN3OS/c26-19-7-8-20-17(12-19)6-9-21-25(14-27,15-28)22(16-4-2-1-3-5-16)23(29(20)21)24(30)18-10-11-31-13-18/h1-13,21-23H/t21-,22-,23+/m1/s1. The molecule has 150 valence electrons. The van der Waals surface area contributed by atoms with Gasteiger partial charge in [-0.1, -0.05) is 54.1 Å². The van der Waals surface area contributed by atoms with Crippen LogP contribution in [0.2, 0.25) is 5.02 Å². The van der Waals surface area contributed by atoms with Crippen molar-refractivity contribution in [1.29, 1.82) is 10.5 Å². The second-order valence-electron chi connectivity index (χ2n) is 7.72. The maximum absolute atomic E-state index is 13.8. The first-order chi connectivity index (χ1) is 15.1. The van der Waals surface area contributed by atoms with Crippen molar-refractivity contribution in [3.05, 3.63) is 93.1 Å². The van der Waals surface area contributed by atoms with Crippen molar-refractivity contribution in [2.24, 2.45) is 5.41 Å². The molecule has 6 heteroatoms. The summed E-state index contributed by atoms with van der Waals surface area (Å²) in [4.78, 5) is 15.8. The monoisotopic (exact) mass is 441 g/mol. The van der Waals surface area contributed by atoms with Crippen molar-refractivity contribution in [3.63, 3.8) is 0 Å². The van der Waals surface area contributed by atoms with Crippen molar-refractivity contribution >= 4 is 40.5 Å². The molecule has 1 fully saturated rings. The van der Waals surface area contributed by atoms with Crippen LogP contribution in [0.1, 0.15) is 27.4 Å². The summed E-state index contributed by atoms with van der Waals surface area (Å²) in [5.41, 5.74) is 1.64. The summed E-state index contributed by atoms with van der Waals surface area (Å²) in [7, 11) is 0. The lowest BCUT2D eigenvalue weighted by Gasteiger charge is -2.35. The number of rotatable bonds is 3. The largest absolute Gasteiger partial charge is 0.351 e. The molecule has 1 aromatic heterocycles. The summed E-state index contributed by atoms with van der Waals surface area (Å²) in [5, 5.41) is 25.0. The number of ketones is 1. The zero-order chi connectivity index (χ0) is 21.6. The van der Waals surface area contributed by atoms with Crippen LogP contribution in [0.3, 0.4) is 0 Å². The molecule has 2 aliphatic heterocycles. The van der Waals surface area contributed by atoms with E-state index < -0.39 is 23.4 Å². The van der Waals surface area contributed by atoms with Gasteiger partial charge in [0.2, 0.25) is 0 Å². The topological polar surface area (TPSA) is 67.9 Å². The van der Waals surface area contributed by atoms with Gasteiger partial charge < -0.3 is 4.90 Å². The molecule has 0 saturated carbocycles. The molecule has 0 radical (unpaired) electrons. The predicted molar refractivity (Wildman–Crippen MR) is 122 cm³/mol. The van der Waals surface area contributed by atoms with E-state index in [0.29, 0.717) is 10.6 Å². The number of carbonyl (C=O) groups is 1. The molecule has 2 aliphatic rings. The Morgan fingerprint density at radius 1 is 1.10 bits per heavy atom. The molecule has 31 heavy (non-hydrogen) atoms. The van der Waals surface area contributed by atoms with Gasteiger partial charge >= 0.3 is 0 Å². The molecule has 3 atom stereocenters. The van der Waals surface area contributed by atoms with Crippen LogP contribution in [0, 0.1) is 28.1 Å². The van der Waals surface area contributed by atoms with Gasteiger partial charge in [0.25, 0.3) is 0 Å². The van der Waals surface area contributed by atoms with Crippen molar-refractivity contribution in [3.8, 4) is 12.1 Å². The summed E-state index contributed by atoms with van der Waals surface area (Å²) < 4.78 is 0. The van der Waals surface area contributed by atoms with E-state index in [-0.39, 0.29) is 5.78 Å². The molecule has 5 rings (SSSR count). The van der Waals surface area contributed by atoms with E-state index in [9.17, 15) is 15.3 Å². The van der Waals surface area contributed by atoms with Gasteiger partial charge in [0.05, 0.1) is 18.2 Å². The van der Waals surface area contributed by atoms with E-state index in [2.05, 4.69) is 12.1 Å². The average Bonchev–Trinajstić information content (AvgIpc) is 3.44. The smallest absolute Gasteiger partial charge is 0.186 e. The zero-order valence-corrected chi connectivity index (χ0v) is 17.8. The first-order valence-corrected chi connectivity index (χ1v) is 11.1. The molecule has 3 aromatic rings. The van der Waals surface area contributed by atoms with Gasteiger partial charge in [-0.2, -0.15) is 21.9 Å². The second-order valence-corrected chi connectivity index (χ2v) is 8.93. The Kier molecular flexibility index (Phi) is 4.67. The number of nitriles is 2. The van der Waals surface area contributed by atoms with Crippen molar-refractivity contribution in [2.45, 2.75) is 18.0 Å². The van der Waals surface area contributed by atoms with E-state index in [1.54, 1.807) is 12.1 Å². The van der Waals surface area contributed by atoms with E-state index in [0.717, 1.165) is 16.8 Å². The molecule has 3 heterocycles. The van der Waals surface area contributed by atoms with Crippen LogP contribution in [0.25, 0.3) is 6.08 Å². The fourth-order valence-corrected chi connectivity index (χ4v) is 5.70. The summed E-state index contributed by atoms with van der Waals surface area (Å²) in [6.07, 6.45) is 3.76. The van der Waals surface area contributed by atoms with Crippen molar-refractivity contribution in [1.82, 2.24) is 0 Å². The van der Waals surface area contributed by atoms with Crippen LogP contribution in [0.5, 0.6) is 0 Å². The third-order valence-corrected chi connectivity index (χ3v) is 7.12. The Hall–Kier alpha value is -3.38. The molecule has 0 spiro atoms. The van der Waals surface area contributed by atoms with Gasteiger partial charge in [-0.3, -0.25) is 4.79 Å².